The van der Waals surface area contributed by atoms with E-state index in [4.69, 9.17) is 15.2 Å². The van der Waals surface area contributed by atoms with Gasteiger partial charge in [-0.05, 0) is 18.6 Å². The number of para-hydroxylation sites is 1. The maximum absolute atomic E-state index is 6.18. The fourth-order valence-electron chi connectivity index (χ4n) is 1.87. The van der Waals surface area contributed by atoms with E-state index in [-0.39, 0.29) is 6.04 Å². The molecule has 6 nitrogen and oxygen atoms in total. The first-order valence-electron chi connectivity index (χ1n) is 6.61. The van der Waals surface area contributed by atoms with Crippen molar-refractivity contribution in [3.63, 3.8) is 0 Å². The van der Waals surface area contributed by atoms with Gasteiger partial charge in [0.1, 0.15) is 0 Å². The number of benzene rings is 1. The molecule has 0 fully saturated rings. The third-order valence-corrected chi connectivity index (χ3v) is 2.96. The molecule has 6 heteroatoms. The highest BCUT2D eigenvalue weighted by Gasteiger charge is 2.13. The number of rotatable bonds is 8. The van der Waals surface area contributed by atoms with E-state index in [9.17, 15) is 0 Å². The SMILES string of the molecule is COCCOCCC(N)c1cnnn1-c1ccccc1. The quantitative estimate of drug-likeness (QED) is 0.736. The fraction of sp³-hybridized carbons (Fsp3) is 0.429. The van der Waals surface area contributed by atoms with Crippen LogP contribution in [0.25, 0.3) is 5.69 Å². The smallest absolute Gasteiger partial charge is 0.0813 e. The second kappa shape index (κ2) is 7.74. The van der Waals surface area contributed by atoms with E-state index in [1.807, 2.05) is 30.3 Å². The number of hydrogen-bond acceptors (Lipinski definition) is 5. The molecule has 0 spiro atoms. The topological polar surface area (TPSA) is 75.2 Å². The molecule has 1 heterocycles. The molecule has 0 aliphatic carbocycles. The predicted molar refractivity (Wildman–Crippen MR) is 75.6 cm³/mol. The summed E-state index contributed by atoms with van der Waals surface area (Å²) in [6, 6.07) is 9.66. The molecule has 0 aliphatic heterocycles. The van der Waals surface area contributed by atoms with Gasteiger partial charge >= 0.3 is 0 Å². The molecule has 2 aromatic rings. The Labute approximate surface area is 118 Å². The second-order valence-corrected chi connectivity index (χ2v) is 4.41. The normalized spacial score (nSPS) is 12.5. The third kappa shape index (κ3) is 3.86. The first-order chi connectivity index (χ1) is 9.83. The summed E-state index contributed by atoms with van der Waals surface area (Å²) in [5, 5.41) is 8.04. The molecule has 0 saturated carbocycles. The van der Waals surface area contributed by atoms with Crippen LogP contribution in [0.15, 0.2) is 36.5 Å². The highest BCUT2D eigenvalue weighted by atomic mass is 16.5. The minimum atomic E-state index is -0.159. The lowest BCUT2D eigenvalue weighted by Gasteiger charge is -2.13. The van der Waals surface area contributed by atoms with E-state index >= 15 is 0 Å². The molecule has 0 saturated heterocycles. The zero-order valence-electron chi connectivity index (χ0n) is 11.6. The molecule has 0 aliphatic rings. The van der Waals surface area contributed by atoms with Crippen LogP contribution in [0.1, 0.15) is 18.2 Å². The van der Waals surface area contributed by atoms with Gasteiger partial charge in [0.05, 0.1) is 36.8 Å². The third-order valence-electron chi connectivity index (χ3n) is 2.96. The second-order valence-electron chi connectivity index (χ2n) is 4.41. The lowest BCUT2D eigenvalue weighted by atomic mass is 10.1. The Bertz CT molecular complexity index is 501. The van der Waals surface area contributed by atoms with Crippen LogP contribution in [0.2, 0.25) is 0 Å². The largest absolute Gasteiger partial charge is 0.382 e. The van der Waals surface area contributed by atoms with Crippen LogP contribution in [0.5, 0.6) is 0 Å². The number of nitrogens with two attached hydrogens (primary N) is 1. The van der Waals surface area contributed by atoms with Crippen LogP contribution in [0.4, 0.5) is 0 Å². The van der Waals surface area contributed by atoms with Crippen LogP contribution in [0, 0.1) is 0 Å². The summed E-state index contributed by atoms with van der Waals surface area (Å²) in [6.45, 7) is 1.77. The standard InChI is InChI=1S/C14H20N4O2/c1-19-9-10-20-8-7-13(15)14-11-16-17-18(14)12-5-3-2-4-6-12/h2-6,11,13H,7-10,15H2,1H3. The summed E-state index contributed by atoms with van der Waals surface area (Å²) in [7, 11) is 1.65. The highest BCUT2D eigenvalue weighted by Crippen LogP contribution is 2.16. The molecule has 1 aromatic carbocycles. The molecule has 1 atom stereocenters. The number of nitrogens with zero attached hydrogens (tertiary/aromatic N) is 3. The van der Waals surface area contributed by atoms with Gasteiger partial charge in [-0.1, -0.05) is 23.4 Å². The van der Waals surface area contributed by atoms with E-state index < -0.39 is 0 Å². The summed E-state index contributed by atoms with van der Waals surface area (Å²) >= 11 is 0. The van der Waals surface area contributed by atoms with Gasteiger partial charge in [0, 0.05) is 13.7 Å². The average molecular weight is 276 g/mol. The summed E-state index contributed by atoms with van der Waals surface area (Å²) in [6.07, 6.45) is 2.41. The Kier molecular flexibility index (Phi) is 5.67. The van der Waals surface area contributed by atoms with Crippen LogP contribution in [-0.2, 0) is 9.47 Å². The van der Waals surface area contributed by atoms with E-state index in [1.165, 1.54) is 0 Å². The van der Waals surface area contributed by atoms with Gasteiger partial charge in [-0.3, -0.25) is 0 Å². The molecular weight excluding hydrogens is 256 g/mol. The molecular formula is C14H20N4O2. The van der Waals surface area contributed by atoms with Gasteiger partial charge in [0.15, 0.2) is 0 Å². The fourth-order valence-corrected chi connectivity index (χ4v) is 1.87. The van der Waals surface area contributed by atoms with Crippen molar-refractivity contribution in [3.8, 4) is 5.69 Å². The minimum Gasteiger partial charge on any atom is -0.382 e. The zero-order chi connectivity index (χ0) is 14.2. The highest BCUT2D eigenvalue weighted by molar-refractivity contribution is 5.32. The minimum absolute atomic E-state index is 0.159. The van der Waals surface area contributed by atoms with Crippen molar-refractivity contribution < 1.29 is 9.47 Å². The molecule has 0 amide bonds. The monoisotopic (exact) mass is 276 g/mol. The van der Waals surface area contributed by atoms with Crippen molar-refractivity contribution >= 4 is 0 Å². The van der Waals surface area contributed by atoms with E-state index in [1.54, 1.807) is 18.0 Å². The zero-order valence-corrected chi connectivity index (χ0v) is 11.6. The van der Waals surface area contributed by atoms with Crippen LogP contribution in [-0.4, -0.2) is 41.9 Å². The number of methoxy groups -OCH3 is 1. The molecule has 20 heavy (non-hydrogen) atoms. The van der Waals surface area contributed by atoms with Gasteiger partial charge < -0.3 is 15.2 Å². The van der Waals surface area contributed by atoms with E-state index in [2.05, 4.69) is 10.3 Å². The predicted octanol–water partition coefficient (Wildman–Crippen LogP) is 1.32. The van der Waals surface area contributed by atoms with Gasteiger partial charge in [0.25, 0.3) is 0 Å². The summed E-state index contributed by atoms with van der Waals surface area (Å²) in [4.78, 5) is 0. The Morgan fingerprint density at radius 2 is 2.00 bits per heavy atom. The summed E-state index contributed by atoms with van der Waals surface area (Å²) in [5.41, 5.74) is 8.02. The molecule has 0 bridgehead atoms. The lowest BCUT2D eigenvalue weighted by molar-refractivity contribution is 0.0670. The number of ether oxygens (including phenoxy) is 2. The molecule has 1 unspecified atom stereocenters. The van der Waals surface area contributed by atoms with Crippen molar-refractivity contribution in [2.24, 2.45) is 5.73 Å². The van der Waals surface area contributed by atoms with Crippen molar-refractivity contribution in [1.82, 2.24) is 15.0 Å². The molecule has 108 valence electrons. The first-order valence-corrected chi connectivity index (χ1v) is 6.61. The first kappa shape index (κ1) is 14.6. The average Bonchev–Trinajstić information content (AvgIpc) is 2.97. The molecule has 0 radical (unpaired) electrons. The van der Waals surface area contributed by atoms with Crippen molar-refractivity contribution in [1.29, 1.82) is 0 Å². The van der Waals surface area contributed by atoms with Gasteiger partial charge in [-0.15, -0.1) is 5.10 Å². The van der Waals surface area contributed by atoms with Gasteiger partial charge in [0.2, 0.25) is 0 Å². The summed E-state index contributed by atoms with van der Waals surface area (Å²) in [5.74, 6) is 0. The van der Waals surface area contributed by atoms with Crippen LogP contribution >= 0.6 is 0 Å². The summed E-state index contributed by atoms with van der Waals surface area (Å²) < 4.78 is 12.1. The molecule has 2 rings (SSSR count). The van der Waals surface area contributed by atoms with E-state index in [0.717, 1.165) is 11.4 Å². The van der Waals surface area contributed by atoms with Gasteiger partial charge in [-0.25, -0.2) is 4.68 Å². The lowest BCUT2D eigenvalue weighted by Crippen LogP contribution is -2.18. The van der Waals surface area contributed by atoms with E-state index in [0.29, 0.717) is 26.2 Å². The van der Waals surface area contributed by atoms with Crippen molar-refractivity contribution in [2.75, 3.05) is 26.9 Å². The Morgan fingerprint density at radius 1 is 1.20 bits per heavy atom. The number of aromatic nitrogens is 3. The number of hydrogen-bond donors (Lipinski definition) is 1. The van der Waals surface area contributed by atoms with Gasteiger partial charge in [-0.2, -0.15) is 0 Å². The van der Waals surface area contributed by atoms with Crippen LogP contribution in [0.3, 0.4) is 0 Å². The van der Waals surface area contributed by atoms with Crippen LogP contribution < -0.4 is 5.73 Å². The Hall–Kier alpha value is -1.76. The Balaban J connectivity index is 1.94. The maximum Gasteiger partial charge on any atom is 0.0813 e. The Morgan fingerprint density at radius 3 is 2.75 bits per heavy atom. The maximum atomic E-state index is 6.18. The van der Waals surface area contributed by atoms with Crippen molar-refractivity contribution in [2.45, 2.75) is 12.5 Å². The van der Waals surface area contributed by atoms with Crippen molar-refractivity contribution in [3.05, 3.63) is 42.2 Å². The molecule has 2 N–H and O–H groups in total. The molecule has 1 aromatic heterocycles.